The van der Waals surface area contributed by atoms with Crippen molar-refractivity contribution in [1.29, 1.82) is 0 Å². The van der Waals surface area contributed by atoms with E-state index in [1.54, 1.807) is 0 Å². The van der Waals surface area contributed by atoms with Crippen molar-refractivity contribution in [2.45, 2.75) is 26.3 Å². The van der Waals surface area contributed by atoms with Crippen molar-refractivity contribution in [3.8, 4) is 0 Å². The number of aromatic nitrogens is 2. The molecule has 0 amide bonds. The normalized spacial score (nSPS) is 14.7. The van der Waals surface area contributed by atoms with E-state index in [1.807, 2.05) is 7.05 Å². The Hall–Kier alpha value is -0.183. The minimum atomic E-state index is -10.7. The number of rotatable bonds is 3. The molecule has 0 saturated heterocycles. The molecule has 18 heavy (non-hydrogen) atoms. The van der Waals surface area contributed by atoms with E-state index in [1.165, 1.54) is 12.8 Å². The average molecular weight is 291 g/mol. The van der Waals surface area contributed by atoms with E-state index in [0.717, 1.165) is 6.54 Å². The molecule has 1 aromatic heterocycles. The van der Waals surface area contributed by atoms with Gasteiger partial charge in [-0.25, -0.2) is 9.13 Å². The van der Waals surface area contributed by atoms with E-state index in [4.69, 9.17) is 0 Å². The van der Waals surface area contributed by atoms with Crippen LogP contribution in [0.4, 0.5) is 25.2 Å². The fourth-order valence-corrected chi connectivity index (χ4v) is 0.975. The monoisotopic (exact) mass is 291 g/mol. The number of hydrogen-bond acceptors (Lipinski definition) is 0. The van der Waals surface area contributed by atoms with Gasteiger partial charge in [-0.2, -0.15) is 0 Å². The van der Waals surface area contributed by atoms with Crippen molar-refractivity contribution < 1.29 is 29.7 Å². The molecule has 0 unspecified atom stereocenters. The van der Waals surface area contributed by atoms with Crippen LogP contribution in [0.5, 0.6) is 0 Å². The van der Waals surface area contributed by atoms with Crippen LogP contribution >= 0.6 is 7.81 Å². The van der Waals surface area contributed by atoms with Crippen molar-refractivity contribution >= 4 is 26.7 Å². The molecule has 1 rings (SSSR count). The summed E-state index contributed by atoms with van der Waals surface area (Å²) in [6.07, 6.45) is 8.82. The van der Waals surface area contributed by atoms with Gasteiger partial charge < -0.3 is 0 Å². The Labute approximate surface area is 113 Å². The minimum absolute atomic E-state index is 0. The summed E-state index contributed by atoms with van der Waals surface area (Å²) in [7, 11) is -8.61. The van der Waals surface area contributed by atoms with Crippen molar-refractivity contribution in [2.24, 2.45) is 7.05 Å². The topological polar surface area (TPSA) is 8.81 Å². The summed E-state index contributed by atoms with van der Waals surface area (Å²) >= 11 is 0. The molecule has 0 aliphatic heterocycles. The van der Waals surface area contributed by atoms with Crippen LogP contribution in [-0.4, -0.2) is 23.4 Å². The molecule has 0 fully saturated rings. The van der Waals surface area contributed by atoms with Gasteiger partial charge in [0.2, 0.25) is 6.33 Å². The van der Waals surface area contributed by atoms with Crippen LogP contribution < -0.4 is 4.57 Å². The Morgan fingerprint density at radius 2 is 1.56 bits per heavy atom. The third-order valence-corrected chi connectivity index (χ3v) is 1.59. The number of imidazole rings is 1. The third kappa shape index (κ3) is 21.1. The Morgan fingerprint density at radius 3 is 1.83 bits per heavy atom. The minimum Gasteiger partial charge on any atom is 0 e. The van der Waals surface area contributed by atoms with Gasteiger partial charge in [-0.15, -0.1) is 0 Å². The van der Waals surface area contributed by atoms with E-state index < -0.39 is 7.81 Å². The molecule has 0 aliphatic rings. The van der Waals surface area contributed by atoms with E-state index >= 15 is 0 Å². The van der Waals surface area contributed by atoms with Gasteiger partial charge in [-0.1, -0.05) is 13.3 Å². The van der Waals surface area contributed by atoms with E-state index in [9.17, 15) is 25.2 Å². The first-order valence-electron chi connectivity index (χ1n) is 4.85. The molecule has 0 aliphatic carbocycles. The predicted molar refractivity (Wildman–Crippen MR) is 59.8 cm³/mol. The quantitative estimate of drug-likeness (QED) is 0.343. The smallest absolute Gasteiger partial charge is 0 e. The first-order valence-corrected chi connectivity index (χ1v) is 6.88. The molecule has 0 N–H and O–H groups in total. The zero-order valence-corrected chi connectivity index (χ0v) is 11.4. The Bertz CT molecular complexity index is 348. The van der Waals surface area contributed by atoms with Crippen LogP contribution in [0.3, 0.4) is 0 Å². The third-order valence-electron chi connectivity index (χ3n) is 1.59. The van der Waals surface area contributed by atoms with Crippen molar-refractivity contribution in [3.05, 3.63) is 18.7 Å². The van der Waals surface area contributed by atoms with Gasteiger partial charge in [-0.3, -0.25) is 0 Å². The molecule has 0 bridgehead atoms. The average Bonchev–Trinajstić information content (AvgIpc) is 2.42. The molecule has 1 radical (unpaired) electrons. The maximum atomic E-state index is 9.87. The maximum Gasteiger partial charge on any atom is 0 e. The largest absolute Gasteiger partial charge is 0 e. The molecule has 0 atom stereocenters. The number of halogens is 6. The van der Waals surface area contributed by atoms with Crippen molar-refractivity contribution in [3.63, 3.8) is 0 Å². The van der Waals surface area contributed by atoms with Crippen LogP contribution in [0.25, 0.3) is 0 Å². The zero-order valence-electron chi connectivity index (χ0n) is 10.5. The maximum absolute atomic E-state index is 10.7. The van der Waals surface area contributed by atoms with E-state index in [-0.39, 0.29) is 18.9 Å². The molecule has 10 heteroatoms. The fourth-order valence-electron chi connectivity index (χ4n) is 0.975. The van der Waals surface area contributed by atoms with Crippen LogP contribution in [0.1, 0.15) is 19.8 Å². The standard InChI is InChI=1S/C8H15N2.F6P.Li/c1-3-4-5-10-7-6-9(2)8-10;1-7(2,3,4,5)6;/h6-8H,3-5H2,1-2H3;;/q+1;-1;. The van der Waals surface area contributed by atoms with Gasteiger partial charge in [-0.05, 0) is 6.42 Å². The summed E-state index contributed by atoms with van der Waals surface area (Å²) in [6.45, 7) is 3.36. The molecule has 1 heterocycles. The second-order valence-corrected chi connectivity index (χ2v) is 5.55. The Morgan fingerprint density at radius 1 is 1.11 bits per heavy atom. The summed E-state index contributed by atoms with van der Waals surface area (Å²) in [6, 6.07) is 0. The van der Waals surface area contributed by atoms with E-state index in [2.05, 4.69) is 34.8 Å². The van der Waals surface area contributed by atoms with Crippen molar-refractivity contribution in [1.82, 2.24) is 4.57 Å². The summed E-state index contributed by atoms with van der Waals surface area (Å²) in [5, 5.41) is 0. The zero-order chi connectivity index (χ0) is 13.8. The van der Waals surface area contributed by atoms with Crippen LogP contribution in [0.15, 0.2) is 18.7 Å². The van der Waals surface area contributed by atoms with E-state index in [0.29, 0.717) is 0 Å². The predicted octanol–water partition coefficient (Wildman–Crippen LogP) is 4.11. The number of hydrogen-bond donors (Lipinski definition) is 0. The van der Waals surface area contributed by atoms with Gasteiger partial charge >= 0.3 is 33.0 Å². The first kappa shape index (κ1) is 20.1. The Balaban J connectivity index is 0. The van der Waals surface area contributed by atoms with Gasteiger partial charge in [0, 0.05) is 18.9 Å². The van der Waals surface area contributed by atoms with Crippen LogP contribution in [0.2, 0.25) is 0 Å². The molecule has 1 aromatic rings. The SMILES string of the molecule is CCCCn1cc[n+](C)c1.F[P-](F)(F)(F)(F)F.[Li]. The molecule has 105 valence electrons. The molecule has 2 nitrogen and oxygen atoms in total. The summed E-state index contributed by atoms with van der Waals surface area (Å²) in [4.78, 5) is 0. The second kappa shape index (κ2) is 5.85. The Kier molecular flexibility index (Phi) is 6.55. The van der Waals surface area contributed by atoms with Gasteiger partial charge in [0.15, 0.2) is 0 Å². The summed E-state index contributed by atoms with van der Waals surface area (Å²) < 4.78 is 63.5. The molecular formula is C8H15F6LiN2P. The van der Waals surface area contributed by atoms with Gasteiger partial charge in [0.25, 0.3) is 0 Å². The van der Waals surface area contributed by atoms with Crippen molar-refractivity contribution in [2.75, 3.05) is 0 Å². The number of unbranched alkanes of at least 4 members (excludes halogenated alkanes) is 1. The van der Waals surface area contributed by atoms with Gasteiger partial charge in [0.1, 0.15) is 12.4 Å². The van der Waals surface area contributed by atoms with Gasteiger partial charge in [0.05, 0.1) is 13.6 Å². The van der Waals surface area contributed by atoms with Crippen LogP contribution in [0, 0.1) is 0 Å². The molecule has 0 spiro atoms. The first-order chi connectivity index (χ1) is 7.28. The molecule has 0 aromatic carbocycles. The second-order valence-electron chi connectivity index (χ2n) is 3.63. The number of nitrogens with zero attached hydrogens (tertiary/aromatic N) is 2. The summed E-state index contributed by atoms with van der Waals surface area (Å²) in [5.41, 5.74) is 0. The molecular weight excluding hydrogens is 276 g/mol. The number of aryl methyl sites for hydroxylation is 2. The fraction of sp³-hybridized carbons (Fsp3) is 0.625. The molecule has 0 saturated carbocycles. The van der Waals surface area contributed by atoms with Crippen LogP contribution in [-0.2, 0) is 13.6 Å². The summed E-state index contributed by atoms with van der Waals surface area (Å²) in [5.74, 6) is 0.